The van der Waals surface area contributed by atoms with Gasteiger partial charge in [-0.2, -0.15) is 0 Å². The van der Waals surface area contributed by atoms with E-state index in [1.807, 2.05) is 11.8 Å². The van der Waals surface area contributed by atoms with E-state index >= 15 is 0 Å². The summed E-state index contributed by atoms with van der Waals surface area (Å²) in [6, 6.07) is 0. The minimum atomic E-state index is 0.878. The van der Waals surface area contributed by atoms with Crippen molar-refractivity contribution in [1.82, 2.24) is 5.32 Å². The lowest BCUT2D eigenvalue weighted by Gasteiger charge is -2.21. The molecule has 0 amide bonds. The lowest BCUT2D eigenvalue weighted by Crippen LogP contribution is -2.24. The van der Waals surface area contributed by atoms with Gasteiger partial charge in [-0.05, 0) is 12.8 Å². The normalized spacial score (nSPS) is 32.9. The van der Waals surface area contributed by atoms with Crippen LogP contribution in [0.15, 0.2) is 11.8 Å². The molecule has 0 radical (unpaired) electrons. The molecule has 1 N–H and O–H groups in total. The van der Waals surface area contributed by atoms with E-state index in [1.165, 1.54) is 24.3 Å². The fraction of sp³-hybridized carbons (Fsp3) is 0.714. The number of hydrogen-bond acceptors (Lipinski definition) is 2. The highest BCUT2D eigenvalue weighted by atomic mass is 32.2. The topological polar surface area (TPSA) is 12.0 Å². The van der Waals surface area contributed by atoms with Gasteiger partial charge in [0, 0.05) is 17.4 Å². The first-order chi connectivity index (χ1) is 4.47. The van der Waals surface area contributed by atoms with Gasteiger partial charge in [-0.3, -0.25) is 0 Å². The average Bonchev–Trinajstić information content (AvgIpc) is 2.33. The minimum absolute atomic E-state index is 0.878. The lowest BCUT2D eigenvalue weighted by molar-refractivity contribution is 0.626. The first kappa shape index (κ1) is 5.66. The van der Waals surface area contributed by atoms with Crippen LogP contribution < -0.4 is 5.32 Å². The van der Waals surface area contributed by atoms with Gasteiger partial charge in [-0.1, -0.05) is 6.08 Å². The highest BCUT2D eigenvalue weighted by Gasteiger charge is 2.21. The quantitative estimate of drug-likeness (QED) is 0.549. The molecule has 1 aliphatic heterocycles. The average molecular weight is 141 g/mol. The van der Waals surface area contributed by atoms with Crippen molar-refractivity contribution in [3.8, 4) is 0 Å². The van der Waals surface area contributed by atoms with Crippen molar-refractivity contribution in [3.05, 3.63) is 11.8 Å². The van der Waals surface area contributed by atoms with Gasteiger partial charge >= 0.3 is 0 Å². The fourth-order valence-electron chi connectivity index (χ4n) is 1.49. The van der Waals surface area contributed by atoms with E-state index in [0.717, 1.165) is 11.8 Å². The zero-order valence-electron chi connectivity index (χ0n) is 5.39. The molecule has 0 aromatic carbocycles. The molecule has 1 unspecified atom stereocenters. The molecule has 2 aliphatic rings. The molecular formula is C7H11NS. The molecule has 50 valence electrons. The second-order valence-corrected chi connectivity index (χ2v) is 3.66. The second-order valence-electron chi connectivity index (χ2n) is 2.63. The van der Waals surface area contributed by atoms with E-state index in [2.05, 4.69) is 11.4 Å². The van der Waals surface area contributed by atoms with Crippen molar-refractivity contribution in [2.75, 3.05) is 11.6 Å². The van der Waals surface area contributed by atoms with Gasteiger partial charge in [-0.25, -0.2) is 0 Å². The van der Waals surface area contributed by atoms with Crippen molar-refractivity contribution in [1.29, 1.82) is 0 Å². The first-order valence-corrected chi connectivity index (χ1v) is 4.64. The van der Waals surface area contributed by atoms with Gasteiger partial charge < -0.3 is 5.32 Å². The Hall–Kier alpha value is -0.110. The predicted octanol–water partition coefficient (Wildman–Crippen LogP) is 1.57. The third-order valence-electron chi connectivity index (χ3n) is 2.02. The summed E-state index contributed by atoms with van der Waals surface area (Å²) in [6.45, 7) is 0. The van der Waals surface area contributed by atoms with Gasteiger partial charge in [0.15, 0.2) is 0 Å². The third kappa shape index (κ3) is 0.960. The molecule has 0 aromatic heterocycles. The van der Waals surface area contributed by atoms with Crippen molar-refractivity contribution >= 4 is 11.8 Å². The molecule has 1 nitrogen and oxygen atoms in total. The zero-order chi connectivity index (χ0) is 6.10. The van der Waals surface area contributed by atoms with Crippen molar-refractivity contribution in [3.63, 3.8) is 0 Å². The summed E-state index contributed by atoms with van der Waals surface area (Å²) in [5.41, 5.74) is 1.52. The summed E-state index contributed by atoms with van der Waals surface area (Å²) < 4.78 is 0. The smallest absolute Gasteiger partial charge is 0.0608 e. The van der Waals surface area contributed by atoms with Crippen molar-refractivity contribution in [2.45, 2.75) is 12.8 Å². The molecule has 1 aliphatic carbocycles. The molecule has 0 spiro atoms. The molecule has 1 fully saturated rings. The summed E-state index contributed by atoms with van der Waals surface area (Å²) in [7, 11) is 0. The number of thioether (sulfide) groups is 1. The van der Waals surface area contributed by atoms with Gasteiger partial charge in [0.25, 0.3) is 0 Å². The largest absolute Gasteiger partial charge is 0.379 e. The van der Waals surface area contributed by atoms with Gasteiger partial charge in [-0.15, -0.1) is 11.8 Å². The van der Waals surface area contributed by atoms with Crippen LogP contribution in [0.1, 0.15) is 12.8 Å². The van der Waals surface area contributed by atoms with E-state index in [9.17, 15) is 0 Å². The van der Waals surface area contributed by atoms with Crippen LogP contribution in [-0.4, -0.2) is 11.6 Å². The van der Waals surface area contributed by atoms with Crippen LogP contribution in [0.4, 0.5) is 0 Å². The lowest BCUT2D eigenvalue weighted by atomic mass is 10.1. The molecule has 2 heteroatoms. The Kier molecular flexibility index (Phi) is 1.42. The van der Waals surface area contributed by atoms with Crippen molar-refractivity contribution < 1.29 is 0 Å². The molecule has 2 rings (SSSR count). The van der Waals surface area contributed by atoms with E-state index < -0.39 is 0 Å². The summed E-state index contributed by atoms with van der Waals surface area (Å²) in [5, 5.41) is 3.41. The number of rotatable bonds is 0. The number of allylic oxidation sites excluding steroid dienone is 2. The summed E-state index contributed by atoms with van der Waals surface area (Å²) >= 11 is 2.02. The van der Waals surface area contributed by atoms with Gasteiger partial charge in [0.05, 0.1) is 5.88 Å². The maximum atomic E-state index is 3.41. The van der Waals surface area contributed by atoms with E-state index in [4.69, 9.17) is 0 Å². The van der Waals surface area contributed by atoms with Crippen LogP contribution in [0.3, 0.4) is 0 Å². The minimum Gasteiger partial charge on any atom is -0.379 e. The summed E-state index contributed by atoms with van der Waals surface area (Å²) in [5.74, 6) is 3.35. The van der Waals surface area contributed by atoms with Crippen molar-refractivity contribution in [2.24, 2.45) is 5.92 Å². The van der Waals surface area contributed by atoms with Crippen LogP contribution in [0.5, 0.6) is 0 Å². The SMILES string of the molecule is C1=C2NCSCC2CC1. The highest BCUT2D eigenvalue weighted by molar-refractivity contribution is 7.99. The molecule has 1 heterocycles. The van der Waals surface area contributed by atoms with E-state index in [-0.39, 0.29) is 0 Å². The fourth-order valence-corrected chi connectivity index (χ4v) is 2.50. The Morgan fingerprint density at radius 3 is 3.56 bits per heavy atom. The van der Waals surface area contributed by atoms with E-state index in [0.29, 0.717) is 0 Å². The molecule has 0 saturated carbocycles. The van der Waals surface area contributed by atoms with Crippen LogP contribution in [0.2, 0.25) is 0 Å². The molecule has 0 aromatic rings. The van der Waals surface area contributed by atoms with Crippen LogP contribution in [0.25, 0.3) is 0 Å². The number of fused-ring (bicyclic) bond motifs is 1. The zero-order valence-corrected chi connectivity index (χ0v) is 6.21. The second kappa shape index (κ2) is 2.25. The molecular weight excluding hydrogens is 130 g/mol. The van der Waals surface area contributed by atoms with E-state index in [1.54, 1.807) is 0 Å². The molecule has 1 atom stereocenters. The Balaban J connectivity index is 2.09. The molecule has 9 heavy (non-hydrogen) atoms. The number of hydrogen-bond donors (Lipinski definition) is 1. The Bertz CT molecular complexity index is 142. The van der Waals surface area contributed by atoms with Crippen LogP contribution >= 0.6 is 11.8 Å². The Labute approximate surface area is 59.9 Å². The van der Waals surface area contributed by atoms with Gasteiger partial charge in [0.2, 0.25) is 0 Å². The summed E-state index contributed by atoms with van der Waals surface area (Å²) in [4.78, 5) is 0. The summed E-state index contributed by atoms with van der Waals surface area (Å²) in [6.07, 6.45) is 5.04. The first-order valence-electron chi connectivity index (χ1n) is 3.48. The third-order valence-corrected chi connectivity index (χ3v) is 3.00. The Morgan fingerprint density at radius 1 is 1.67 bits per heavy atom. The predicted molar refractivity (Wildman–Crippen MR) is 41.3 cm³/mol. The van der Waals surface area contributed by atoms with Crippen LogP contribution in [0, 0.1) is 5.92 Å². The van der Waals surface area contributed by atoms with Gasteiger partial charge in [0.1, 0.15) is 0 Å². The number of nitrogens with one attached hydrogen (secondary N) is 1. The molecule has 1 saturated heterocycles. The Morgan fingerprint density at radius 2 is 2.67 bits per heavy atom. The maximum Gasteiger partial charge on any atom is 0.0608 e. The maximum absolute atomic E-state index is 3.41. The highest BCUT2D eigenvalue weighted by Crippen LogP contribution is 2.30. The standard InChI is InChI=1S/C7H11NS/c1-2-6-4-9-5-8-7(6)3-1/h3,6,8H,1-2,4-5H2. The molecule has 0 bridgehead atoms. The monoisotopic (exact) mass is 141 g/mol. The van der Waals surface area contributed by atoms with Crippen LogP contribution in [-0.2, 0) is 0 Å².